The summed E-state index contributed by atoms with van der Waals surface area (Å²) in [5, 5.41) is 10.6. The highest BCUT2D eigenvalue weighted by Crippen LogP contribution is 2.45. The highest BCUT2D eigenvalue weighted by Gasteiger charge is 2.30. The zero-order valence-corrected chi connectivity index (χ0v) is 60.1. The molecule has 0 saturated heterocycles. The van der Waals surface area contributed by atoms with E-state index in [0.29, 0.717) is 25.7 Å². The molecule has 17 nitrogen and oxygen atoms in total. The van der Waals surface area contributed by atoms with E-state index in [1.54, 1.807) is 0 Å². The third kappa shape index (κ3) is 63.5. The number of unbranched alkanes of at least 4 members (excludes halogenated alkanes) is 42. The Hall–Kier alpha value is -1.94. The first-order valence-corrected chi connectivity index (χ1v) is 40.2. The fraction of sp³-hybridized carbons (Fsp3) is 0.944. The summed E-state index contributed by atoms with van der Waals surface area (Å²) in [6, 6.07) is 0. The van der Waals surface area contributed by atoms with Gasteiger partial charge >= 0.3 is 39.5 Å². The molecule has 0 aliphatic rings. The molecule has 0 bridgehead atoms. The lowest BCUT2D eigenvalue weighted by Gasteiger charge is -2.21. The van der Waals surface area contributed by atoms with E-state index in [2.05, 4.69) is 34.6 Å². The number of ether oxygens (including phenoxy) is 4. The molecule has 534 valence electrons. The van der Waals surface area contributed by atoms with E-state index in [9.17, 15) is 43.2 Å². The maximum Gasteiger partial charge on any atom is 0.472 e. The predicted octanol–water partition coefficient (Wildman–Crippen LogP) is 20.5. The van der Waals surface area contributed by atoms with Crippen LogP contribution in [0.4, 0.5) is 0 Å². The lowest BCUT2D eigenvalue weighted by Crippen LogP contribution is -2.30. The lowest BCUT2D eigenvalue weighted by atomic mass is 10.00. The number of phosphoric acid groups is 2. The Bertz CT molecular complexity index is 1740. The van der Waals surface area contributed by atoms with Crippen molar-refractivity contribution >= 4 is 39.5 Å². The molecule has 0 fully saturated rings. The van der Waals surface area contributed by atoms with Crippen molar-refractivity contribution in [1.82, 2.24) is 0 Å². The Morgan fingerprint density at radius 1 is 0.311 bits per heavy atom. The largest absolute Gasteiger partial charge is 0.472 e. The van der Waals surface area contributed by atoms with Crippen LogP contribution in [0.15, 0.2) is 0 Å². The summed E-state index contributed by atoms with van der Waals surface area (Å²) >= 11 is 0. The molecule has 0 spiro atoms. The van der Waals surface area contributed by atoms with Gasteiger partial charge in [0.05, 0.1) is 26.4 Å². The number of phosphoric ester groups is 2. The summed E-state index contributed by atoms with van der Waals surface area (Å²) in [6.45, 7) is 7.17. The van der Waals surface area contributed by atoms with Gasteiger partial charge in [-0.2, -0.15) is 0 Å². The number of carbonyl (C=O) groups is 4. The lowest BCUT2D eigenvalue weighted by molar-refractivity contribution is -0.161. The van der Waals surface area contributed by atoms with Crippen LogP contribution in [0.25, 0.3) is 0 Å². The van der Waals surface area contributed by atoms with E-state index in [1.807, 2.05) is 0 Å². The van der Waals surface area contributed by atoms with Crippen LogP contribution < -0.4 is 0 Å². The van der Waals surface area contributed by atoms with Gasteiger partial charge in [0.2, 0.25) is 0 Å². The zero-order valence-electron chi connectivity index (χ0n) is 58.3. The van der Waals surface area contributed by atoms with Crippen LogP contribution in [-0.2, 0) is 65.4 Å². The topological polar surface area (TPSA) is 237 Å². The molecular weight excluding hydrogens is 1190 g/mol. The second kappa shape index (κ2) is 64.4. The molecule has 0 aliphatic heterocycles. The van der Waals surface area contributed by atoms with E-state index in [-0.39, 0.29) is 25.7 Å². The Morgan fingerprint density at radius 2 is 0.533 bits per heavy atom. The van der Waals surface area contributed by atoms with Gasteiger partial charge in [-0.3, -0.25) is 37.3 Å². The average molecular weight is 1330 g/mol. The van der Waals surface area contributed by atoms with Gasteiger partial charge in [-0.1, -0.05) is 317 Å². The minimum Gasteiger partial charge on any atom is -0.462 e. The average Bonchev–Trinajstić information content (AvgIpc) is 3.09. The minimum absolute atomic E-state index is 0.103. The second-order valence-electron chi connectivity index (χ2n) is 25.9. The summed E-state index contributed by atoms with van der Waals surface area (Å²) in [5.41, 5.74) is 0. The molecule has 0 heterocycles. The molecule has 0 aromatic carbocycles. The highest BCUT2D eigenvalue weighted by molar-refractivity contribution is 7.47. The smallest absolute Gasteiger partial charge is 0.462 e. The molecule has 0 radical (unpaired) electrons. The number of aliphatic hydroxyl groups is 1. The Balaban J connectivity index is 5.19. The molecule has 3 N–H and O–H groups in total. The molecule has 0 saturated carbocycles. The van der Waals surface area contributed by atoms with Crippen molar-refractivity contribution in [2.45, 2.75) is 387 Å². The van der Waals surface area contributed by atoms with Gasteiger partial charge in [0.1, 0.15) is 19.3 Å². The van der Waals surface area contributed by atoms with Crippen molar-refractivity contribution in [3.63, 3.8) is 0 Å². The van der Waals surface area contributed by atoms with E-state index < -0.39 is 97.5 Å². The maximum absolute atomic E-state index is 13.0. The van der Waals surface area contributed by atoms with Gasteiger partial charge in [0.15, 0.2) is 12.2 Å². The van der Waals surface area contributed by atoms with E-state index in [0.717, 1.165) is 109 Å². The van der Waals surface area contributed by atoms with Crippen LogP contribution in [0.5, 0.6) is 0 Å². The van der Waals surface area contributed by atoms with Crippen LogP contribution >= 0.6 is 15.6 Å². The number of esters is 4. The van der Waals surface area contributed by atoms with Crippen LogP contribution in [0, 0.1) is 5.92 Å². The monoisotopic (exact) mass is 1320 g/mol. The number of carbonyl (C=O) groups excluding carboxylic acids is 4. The molecule has 0 aromatic rings. The van der Waals surface area contributed by atoms with Gasteiger partial charge in [0, 0.05) is 25.7 Å². The first-order valence-electron chi connectivity index (χ1n) is 37.2. The number of hydrogen-bond acceptors (Lipinski definition) is 15. The van der Waals surface area contributed by atoms with Gasteiger partial charge in [-0.25, -0.2) is 9.13 Å². The molecule has 19 heteroatoms. The second-order valence-corrected chi connectivity index (χ2v) is 28.8. The third-order valence-electron chi connectivity index (χ3n) is 16.9. The predicted molar refractivity (Wildman–Crippen MR) is 363 cm³/mol. The van der Waals surface area contributed by atoms with Gasteiger partial charge in [0.25, 0.3) is 0 Å². The fourth-order valence-electron chi connectivity index (χ4n) is 10.8. The van der Waals surface area contributed by atoms with Crippen molar-refractivity contribution in [3.8, 4) is 0 Å². The summed E-state index contributed by atoms with van der Waals surface area (Å²) < 4.78 is 68.2. The number of rotatable bonds is 71. The first kappa shape index (κ1) is 88.1. The van der Waals surface area contributed by atoms with E-state index >= 15 is 0 Å². The van der Waals surface area contributed by atoms with Crippen molar-refractivity contribution in [3.05, 3.63) is 0 Å². The molecule has 0 rings (SSSR count). The van der Waals surface area contributed by atoms with Gasteiger partial charge in [-0.15, -0.1) is 0 Å². The molecule has 0 amide bonds. The fourth-order valence-corrected chi connectivity index (χ4v) is 12.4. The van der Waals surface area contributed by atoms with Crippen LogP contribution in [0.3, 0.4) is 0 Å². The molecule has 90 heavy (non-hydrogen) atoms. The quantitative estimate of drug-likeness (QED) is 0.0222. The zero-order chi connectivity index (χ0) is 66.3. The van der Waals surface area contributed by atoms with Crippen LogP contribution in [0.1, 0.15) is 369 Å². The summed E-state index contributed by atoms with van der Waals surface area (Å²) in [4.78, 5) is 72.4. The third-order valence-corrected chi connectivity index (χ3v) is 18.8. The molecule has 6 atom stereocenters. The Labute approximate surface area is 549 Å². The number of hydrogen-bond donors (Lipinski definition) is 3. The van der Waals surface area contributed by atoms with Crippen LogP contribution in [0.2, 0.25) is 0 Å². The minimum atomic E-state index is -4.95. The van der Waals surface area contributed by atoms with Gasteiger partial charge in [-0.05, 0) is 31.6 Å². The normalized spacial score (nSPS) is 14.4. The Morgan fingerprint density at radius 3 is 0.789 bits per heavy atom. The van der Waals surface area contributed by atoms with E-state index in [4.69, 9.17) is 37.0 Å². The van der Waals surface area contributed by atoms with E-state index in [1.165, 1.54) is 180 Å². The van der Waals surface area contributed by atoms with Gasteiger partial charge < -0.3 is 33.8 Å². The van der Waals surface area contributed by atoms with Crippen molar-refractivity contribution < 1.29 is 80.2 Å². The summed E-state index contributed by atoms with van der Waals surface area (Å²) in [7, 11) is -9.89. The van der Waals surface area contributed by atoms with Crippen molar-refractivity contribution in [2.75, 3.05) is 39.6 Å². The molecule has 0 aliphatic carbocycles. The van der Waals surface area contributed by atoms with Crippen molar-refractivity contribution in [2.24, 2.45) is 5.92 Å². The SMILES string of the molecule is CCCCCCCCCCCCCCCCCCCC(=O)O[C@H](COC(=O)CCCCCCCCCCCCCCCCCC)COP(=O)(O)OC[C@@H](O)COP(=O)(O)OC[C@@H](COC(=O)CCCCCCCCC)OC(=O)CCCCCCCCC(C)CC. The van der Waals surface area contributed by atoms with Crippen molar-refractivity contribution in [1.29, 1.82) is 0 Å². The molecular formula is C71H138O17P2. The first-order chi connectivity index (χ1) is 43.6. The summed E-state index contributed by atoms with van der Waals surface area (Å²) in [6.07, 6.45) is 51.5. The highest BCUT2D eigenvalue weighted by atomic mass is 31.2. The molecule has 3 unspecified atom stereocenters. The van der Waals surface area contributed by atoms with Crippen LogP contribution in [-0.4, -0.2) is 96.7 Å². The number of aliphatic hydroxyl groups excluding tert-OH is 1. The maximum atomic E-state index is 13.0. The summed E-state index contributed by atoms with van der Waals surface area (Å²) in [5.74, 6) is -1.41. The Kier molecular flexibility index (Phi) is 63.0. The molecule has 0 aromatic heterocycles. The standard InChI is InChI=1S/C71H138O17P2/c1-6-10-13-16-19-21-23-25-27-29-31-33-35-37-40-46-51-56-70(75)87-66(61-82-69(74)55-50-45-39-36-34-32-30-28-26-24-22-20-17-14-11-7-2)62-85-89(77,78)83-58-65(72)59-84-90(79,80)86-63-67(60-81-68(73)54-49-44-38-18-15-12-8-3)88-71(76)57-52-47-42-41-43-48-53-64(5)9-4/h64-67,72H,6-63H2,1-5H3,(H,77,78)(H,79,80)/t64?,65-,66-,67-/m1/s1.